The van der Waals surface area contributed by atoms with Gasteiger partial charge in [-0.3, -0.25) is 4.79 Å². The first-order valence-electron chi connectivity index (χ1n) is 7.57. The summed E-state index contributed by atoms with van der Waals surface area (Å²) in [6.07, 6.45) is 1.57. The van der Waals surface area contributed by atoms with Gasteiger partial charge in [0.15, 0.2) is 0 Å². The van der Waals surface area contributed by atoms with Crippen LogP contribution in [0.25, 0.3) is 0 Å². The molecule has 3 aromatic rings. The lowest BCUT2D eigenvalue weighted by molar-refractivity contribution is 0.0942. The van der Waals surface area contributed by atoms with E-state index < -0.39 is 15.8 Å². The van der Waals surface area contributed by atoms with Gasteiger partial charge in [0.25, 0.3) is 5.91 Å². The van der Waals surface area contributed by atoms with Crippen LogP contribution in [0.2, 0.25) is 0 Å². The second kappa shape index (κ2) is 7.50. The van der Waals surface area contributed by atoms with Crippen molar-refractivity contribution < 1.29 is 17.6 Å². The standard InChI is InChI=1S/C16H14FN5O3S/c17-14-4-6-15(7-5-14)26(24,25)19-9-8-12-2-1-3-13(10-12)16(23)22-11-18-20-21-22/h1-7,10-11,19H,8-9H2. The van der Waals surface area contributed by atoms with Crippen molar-refractivity contribution in [1.82, 2.24) is 24.9 Å². The van der Waals surface area contributed by atoms with Crippen LogP contribution in [0.15, 0.2) is 59.8 Å². The molecular formula is C16H14FN5O3S. The van der Waals surface area contributed by atoms with E-state index >= 15 is 0 Å². The van der Waals surface area contributed by atoms with Gasteiger partial charge in [-0.1, -0.05) is 12.1 Å². The molecule has 3 rings (SSSR count). The molecule has 0 saturated carbocycles. The van der Waals surface area contributed by atoms with Crippen molar-refractivity contribution in [2.24, 2.45) is 0 Å². The SMILES string of the molecule is O=C(c1cccc(CCNS(=O)(=O)c2ccc(F)cc2)c1)n1cnnn1. The minimum absolute atomic E-state index is 0.0125. The second-order valence-corrected chi connectivity index (χ2v) is 7.13. The summed E-state index contributed by atoms with van der Waals surface area (Å²) in [5.41, 5.74) is 1.15. The van der Waals surface area contributed by atoms with E-state index in [0.717, 1.165) is 22.4 Å². The molecule has 1 N–H and O–H groups in total. The second-order valence-electron chi connectivity index (χ2n) is 5.36. The first-order chi connectivity index (χ1) is 12.5. The molecule has 0 amide bonds. The van der Waals surface area contributed by atoms with Crippen LogP contribution in [0, 0.1) is 5.82 Å². The first kappa shape index (κ1) is 17.8. The summed E-state index contributed by atoms with van der Waals surface area (Å²) in [6, 6.07) is 11.3. The molecule has 134 valence electrons. The molecule has 0 fully saturated rings. The number of tetrazole rings is 1. The molecule has 0 spiro atoms. The Kier molecular flexibility index (Phi) is 5.14. The normalized spacial score (nSPS) is 11.4. The lowest BCUT2D eigenvalue weighted by atomic mass is 10.1. The van der Waals surface area contributed by atoms with Crippen LogP contribution in [-0.4, -0.2) is 41.1 Å². The van der Waals surface area contributed by atoms with Gasteiger partial charge in [-0.05, 0) is 58.8 Å². The first-order valence-corrected chi connectivity index (χ1v) is 9.06. The minimum atomic E-state index is -3.72. The van der Waals surface area contributed by atoms with Crippen molar-refractivity contribution in [1.29, 1.82) is 0 Å². The molecule has 0 unspecified atom stereocenters. The highest BCUT2D eigenvalue weighted by molar-refractivity contribution is 7.89. The van der Waals surface area contributed by atoms with Crippen LogP contribution in [0.4, 0.5) is 4.39 Å². The number of sulfonamides is 1. The zero-order valence-corrected chi connectivity index (χ0v) is 14.2. The van der Waals surface area contributed by atoms with E-state index in [4.69, 9.17) is 0 Å². The smallest absolute Gasteiger partial charge is 0.267 e. The molecule has 1 aromatic heterocycles. The zero-order chi connectivity index (χ0) is 18.6. The third-order valence-corrected chi connectivity index (χ3v) is 5.04. The van der Waals surface area contributed by atoms with Crippen LogP contribution in [0.1, 0.15) is 15.9 Å². The van der Waals surface area contributed by atoms with E-state index in [1.165, 1.54) is 18.5 Å². The van der Waals surface area contributed by atoms with Gasteiger partial charge in [0.1, 0.15) is 12.1 Å². The Morgan fingerprint density at radius 3 is 2.62 bits per heavy atom. The molecular weight excluding hydrogens is 361 g/mol. The van der Waals surface area contributed by atoms with Crippen LogP contribution < -0.4 is 4.72 Å². The molecule has 0 atom stereocenters. The van der Waals surface area contributed by atoms with Crippen molar-refractivity contribution in [2.75, 3.05) is 6.54 Å². The molecule has 26 heavy (non-hydrogen) atoms. The number of aromatic nitrogens is 4. The zero-order valence-electron chi connectivity index (χ0n) is 13.4. The van der Waals surface area contributed by atoms with Crippen LogP contribution in [0.3, 0.4) is 0 Å². The van der Waals surface area contributed by atoms with Crippen molar-refractivity contribution in [3.05, 3.63) is 71.8 Å². The van der Waals surface area contributed by atoms with Gasteiger partial charge in [-0.25, -0.2) is 17.5 Å². The number of halogens is 1. The van der Waals surface area contributed by atoms with Crippen molar-refractivity contribution in [2.45, 2.75) is 11.3 Å². The van der Waals surface area contributed by atoms with E-state index in [0.29, 0.717) is 12.0 Å². The highest BCUT2D eigenvalue weighted by Gasteiger charge is 2.14. The largest absolute Gasteiger partial charge is 0.281 e. The summed E-state index contributed by atoms with van der Waals surface area (Å²) in [6.45, 7) is 0.127. The maximum absolute atomic E-state index is 12.9. The van der Waals surface area contributed by atoms with E-state index in [-0.39, 0.29) is 17.3 Å². The average molecular weight is 375 g/mol. The third-order valence-electron chi connectivity index (χ3n) is 3.56. The fourth-order valence-electron chi connectivity index (χ4n) is 2.27. The monoisotopic (exact) mass is 375 g/mol. The predicted molar refractivity (Wildman–Crippen MR) is 89.3 cm³/mol. The number of nitrogens with zero attached hydrogens (tertiary/aromatic N) is 4. The quantitative estimate of drug-likeness (QED) is 0.645. The van der Waals surface area contributed by atoms with E-state index in [2.05, 4.69) is 20.2 Å². The van der Waals surface area contributed by atoms with E-state index in [1.807, 2.05) is 0 Å². The Morgan fingerprint density at radius 2 is 1.92 bits per heavy atom. The van der Waals surface area contributed by atoms with Crippen LogP contribution in [0.5, 0.6) is 0 Å². The van der Waals surface area contributed by atoms with Crippen molar-refractivity contribution in [3.8, 4) is 0 Å². The average Bonchev–Trinajstić information content (AvgIpc) is 3.16. The Morgan fingerprint density at radius 1 is 1.15 bits per heavy atom. The maximum atomic E-state index is 12.9. The van der Waals surface area contributed by atoms with E-state index in [1.54, 1.807) is 24.3 Å². The van der Waals surface area contributed by atoms with Gasteiger partial charge in [0, 0.05) is 12.1 Å². The predicted octanol–water partition coefficient (Wildman–Crippen LogP) is 1.02. The van der Waals surface area contributed by atoms with Gasteiger partial charge in [-0.2, -0.15) is 4.68 Å². The van der Waals surface area contributed by atoms with Gasteiger partial charge < -0.3 is 0 Å². The molecule has 0 radical (unpaired) electrons. The number of nitrogens with one attached hydrogen (secondary N) is 1. The van der Waals surface area contributed by atoms with Gasteiger partial charge in [0.05, 0.1) is 4.90 Å². The lowest BCUT2D eigenvalue weighted by Gasteiger charge is -2.08. The molecule has 2 aromatic carbocycles. The lowest BCUT2D eigenvalue weighted by Crippen LogP contribution is -2.26. The number of hydrogen-bond acceptors (Lipinski definition) is 6. The minimum Gasteiger partial charge on any atom is -0.267 e. The number of carbonyl (C=O) groups is 1. The van der Waals surface area contributed by atoms with Crippen LogP contribution >= 0.6 is 0 Å². The molecule has 0 aliphatic carbocycles. The summed E-state index contributed by atoms with van der Waals surface area (Å²) in [7, 11) is -3.72. The van der Waals surface area contributed by atoms with Gasteiger partial charge in [0.2, 0.25) is 10.0 Å². The summed E-state index contributed by atoms with van der Waals surface area (Å²) in [4.78, 5) is 12.2. The summed E-state index contributed by atoms with van der Waals surface area (Å²) in [5.74, 6) is -0.892. The maximum Gasteiger partial charge on any atom is 0.281 e. The molecule has 0 aliphatic rings. The molecule has 0 aliphatic heterocycles. The number of benzene rings is 2. The highest BCUT2D eigenvalue weighted by Crippen LogP contribution is 2.11. The Labute approximate surface area is 148 Å². The van der Waals surface area contributed by atoms with Crippen molar-refractivity contribution >= 4 is 15.9 Å². The Balaban J connectivity index is 1.64. The molecule has 8 nitrogen and oxygen atoms in total. The fourth-order valence-corrected chi connectivity index (χ4v) is 3.31. The topological polar surface area (TPSA) is 107 Å². The molecule has 0 bridgehead atoms. The highest BCUT2D eigenvalue weighted by atomic mass is 32.2. The molecule has 0 saturated heterocycles. The summed E-state index contributed by atoms with van der Waals surface area (Å²) < 4.78 is 40.7. The third kappa shape index (κ3) is 4.16. The number of rotatable bonds is 6. The Hall–Kier alpha value is -2.98. The van der Waals surface area contributed by atoms with Crippen LogP contribution in [-0.2, 0) is 16.4 Å². The van der Waals surface area contributed by atoms with E-state index in [9.17, 15) is 17.6 Å². The molecule has 1 heterocycles. The number of carbonyl (C=O) groups excluding carboxylic acids is 1. The summed E-state index contributed by atoms with van der Waals surface area (Å²) >= 11 is 0. The number of hydrogen-bond donors (Lipinski definition) is 1. The van der Waals surface area contributed by atoms with Gasteiger partial charge >= 0.3 is 0 Å². The fraction of sp³-hybridized carbons (Fsp3) is 0.125. The summed E-state index contributed by atoms with van der Waals surface area (Å²) in [5, 5.41) is 10.4. The molecule has 10 heteroatoms. The van der Waals surface area contributed by atoms with Gasteiger partial charge in [-0.15, -0.1) is 5.10 Å². The van der Waals surface area contributed by atoms with Crippen molar-refractivity contribution in [3.63, 3.8) is 0 Å². The Bertz CT molecular complexity index is 1000.